The van der Waals surface area contributed by atoms with Crippen molar-refractivity contribution in [3.05, 3.63) is 0 Å². The van der Waals surface area contributed by atoms with Crippen LogP contribution in [0, 0.1) is 0 Å². The normalized spacial score (nSPS) is 13.9. The molecule has 1 unspecified atom stereocenters. The molecule has 0 aliphatic carbocycles. The molecule has 17 heavy (non-hydrogen) atoms. The van der Waals surface area contributed by atoms with E-state index in [9.17, 15) is 0 Å². The van der Waals surface area contributed by atoms with Crippen LogP contribution < -0.4 is 5.73 Å². The van der Waals surface area contributed by atoms with Crippen LogP contribution in [0.2, 0.25) is 0 Å². The van der Waals surface area contributed by atoms with Crippen LogP contribution in [0.4, 0.5) is 0 Å². The molecule has 104 valence electrons. The van der Waals surface area contributed by atoms with Gasteiger partial charge in [-0.2, -0.15) is 0 Å². The second kappa shape index (κ2) is 9.79. The Morgan fingerprint density at radius 1 is 1.18 bits per heavy atom. The molecule has 0 aliphatic rings. The third-order valence-electron chi connectivity index (χ3n) is 2.78. The van der Waals surface area contributed by atoms with Gasteiger partial charge in [-0.3, -0.25) is 4.90 Å². The zero-order valence-electron chi connectivity index (χ0n) is 11.8. The fourth-order valence-electron chi connectivity index (χ4n) is 1.58. The highest BCUT2D eigenvalue weighted by molar-refractivity contribution is 4.71. The quantitative estimate of drug-likeness (QED) is 0.576. The molecule has 5 heteroatoms. The molecule has 2 N–H and O–H groups in total. The Balaban J connectivity index is 3.97. The van der Waals surface area contributed by atoms with Gasteiger partial charge in [0.15, 0.2) is 6.29 Å². The van der Waals surface area contributed by atoms with Gasteiger partial charge < -0.3 is 19.9 Å². The van der Waals surface area contributed by atoms with Gasteiger partial charge in [-0.1, -0.05) is 0 Å². The van der Waals surface area contributed by atoms with Crippen LogP contribution in [0.3, 0.4) is 0 Å². The van der Waals surface area contributed by atoms with Gasteiger partial charge in [0.05, 0.1) is 12.7 Å². The molecule has 0 rings (SSSR count). The molecule has 0 radical (unpaired) electrons. The van der Waals surface area contributed by atoms with Crippen LogP contribution in [0.25, 0.3) is 0 Å². The molecule has 0 fully saturated rings. The summed E-state index contributed by atoms with van der Waals surface area (Å²) in [5.74, 6) is 0. The van der Waals surface area contributed by atoms with Crippen molar-refractivity contribution in [3.63, 3.8) is 0 Å². The lowest BCUT2D eigenvalue weighted by Crippen LogP contribution is -2.42. The van der Waals surface area contributed by atoms with Crippen molar-refractivity contribution in [2.24, 2.45) is 5.73 Å². The molecule has 0 saturated carbocycles. The molecule has 0 bridgehead atoms. The summed E-state index contributed by atoms with van der Waals surface area (Å²) in [5, 5.41) is 0. The number of nitrogens with zero attached hydrogens (tertiary/aromatic N) is 1. The number of hydrogen-bond donors (Lipinski definition) is 1. The van der Waals surface area contributed by atoms with Gasteiger partial charge in [0, 0.05) is 39.8 Å². The predicted molar refractivity (Wildman–Crippen MR) is 69.0 cm³/mol. The van der Waals surface area contributed by atoms with E-state index >= 15 is 0 Å². The van der Waals surface area contributed by atoms with E-state index in [2.05, 4.69) is 4.90 Å². The van der Waals surface area contributed by atoms with Crippen LogP contribution >= 0.6 is 0 Å². The third kappa shape index (κ3) is 7.68. The Morgan fingerprint density at radius 3 is 2.18 bits per heavy atom. The third-order valence-corrected chi connectivity index (χ3v) is 2.78. The lowest BCUT2D eigenvalue weighted by molar-refractivity contribution is -0.116. The van der Waals surface area contributed by atoms with Crippen molar-refractivity contribution in [2.45, 2.75) is 38.7 Å². The standard InChI is InChI=1S/C12H28N2O3/c1-10(2)17-7-6-14(3)11(9-13)8-12(15-4)16-5/h10-12H,6-9,13H2,1-5H3. The largest absolute Gasteiger partial charge is 0.377 e. The Bertz CT molecular complexity index is 175. The average Bonchev–Trinajstić information content (AvgIpc) is 2.30. The van der Waals surface area contributed by atoms with Crippen molar-refractivity contribution in [1.29, 1.82) is 0 Å². The molecule has 0 aromatic carbocycles. The molecule has 0 heterocycles. The van der Waals surface area contributed by atoms with Crippen LogP contribution in [0.15, 0.2) is 0 Å². The van der Waals surface area contributed by atoms with E-state index in [0.29, 0.717) is 6.54 Å². The Kier molecular flexibility index (Phi) is 9.68. The molecule has 1 atom stereocenters. The van der Waals surface area contributed by atoms with Crippen molar-refractivity contribution in [1.82, 2.24) is 4.90 Å². The van der Waals surface area contributed by atoms with Gasteiger partial charge in [0.25, 0.3) is 0 Å². The number of nitrogens with two attached hydrogens (primary N) is 1. The van der Waals surface area contributed by atoms with Crippen LogP contribution in [-0.4, -0.2) is 64.3 Å². The summed E-state index contributed by atoms with van der Waals surface area (Å²) >= 11 is 0. The molecule has 0 aliphatic heterocycles. The van der Waals surface area contributed by atoms with Crippen molar-refractivity contribution in [2.75, 3.05) is 41.0 Å². The maximum absolute atomic E-state index is 5.77. The Hall–Kier alpha value is -0.200. The van der Waals surface area contributed by atoms with Gasteiger partial charge in [-0.25, -0.2) is 0 Å². The molecular weight excluding hydrogens is 220 g/mol. The second-order valence-corrected chi connectivity index (χ2v) is 4.43. The number of rotatable bonds is 10. The van der Waals surface area contributed by atoms with E-state index in [-0.39, 0.29) is 18.4 Å². The van der Waals surface area contributed by atoms with Gasteiger partial charge in [0.2, 0.25) is 0 Å². The first kappa shape index (κ1) is 16.8. The zero-order chi connectivity index (χ0) is 13.3. The lowest BCUT2D eigenvalue weighted by atomic mass is 10.2. The summed E-state index contributed by atoms with van der Waals surface area (Å²) < 4.78 is 15.9. The maximum atomic E-state index is 5.77. The first-order valence-electron chi connectivity index (χ1n) is 6.12. The summed E-state index contributed by atoms with van der Waals surface area (Å²) in [5.41, 5.74) is 5.77. The van der Waals surface area contributed by atoms with Crippen molar-refractivity contribution in [3.8, 4) is 0 Å². The van der Waals surface area contributed by atoms with Gasteiger partial charge >= 0.3 is 0 Å². The fourth-order valence-corrected chi connectivity index (χ4v) is 1.58. The Morgan fingerprint density at radius 2 is 1.76 bits per heavy atom. The summed E-state index contributed by atoms with van der Waals surface area (Å²) in [6.45, 7) is 6.23. The molecule has 0 aromatic rings. The summed E-state index contributed by atoms with van der Waals surface area (Å²) in [6.07, 6.45) is 0.837. The van der Waals surface area contributed by atoms with Crippen LogP contribution in [-0.2, 0) is 14.2 Å². The number of methoxy groups -OCH3 is 2. The van der Waals surface area contributed by atoms with E-state index in [1.165, 1.54) is 0 Å². The first-order valence-corrected chi connectivity index (χ1v) is 6.12. The van der Waals surface area contributed by atoms with Gasteiger partial charge in [0.1, 0.15) is 0 Å². The highest BCUT2D eigenvalue weighted by atomic mass is 16.7. The number of likely N-dealkylation sites (N-methyl/N-ethyl adjacent to an activating group) is 1. The predicted octanol–water partition coefficient (Wildman–Crippen LogP) is 0.680. The van der Waals surface area contributed by atoms with Gasteiger partial charge in [-0.15, -0.1) is 0 Å². The van der Waals surface area contributed by atoms with E-state index in [1.54, 1.807) is 14.2 Å². The monoisotopic (exact) mass is 248 g/mol. The molecular formula is C12H28N2O3. The minimum Gasteiger partial charge on any atom is -0.377 e. The minimum atomic E-state index is -0.197. The van der Waals surface area contributed by atoms with E-state index in [0.717, 1.165) is 19.6 Å². The first-order chi connectivity index (χ1) is 8.04. The number of hydrogen-bond acceptors (Lipinski definition) is 5. The topological polar surface area (TPSA) is 57.0 Å². The summed E-state index contributed by atoms with van der Waals surface area (Å²) in [4.78, 5) is 2.19. The average molecular weight is 248 g/mol. The number of ether oxygens (including phenoxy) is 3. The van der Waals surface area contributed by atoms with Crippen molar-refractivity contribution < 1.29 is 14.2 Å². The van der Waals surface area contributed by atoms with Crippen LogP contribution in [0.5, 0.6) is 0 Å². The Labute approximate surface area is 105 Å². The fraction of sp³-hybridized carbons (Fsp3) is 1.00. The maximum Gasteiger partial charge on any atom is 0.158 e. The summed E-state index contributed by atoms with van der Waals surface area (Å²) in [7, 11) is 5.33. The second-order valence-electron chi connectivity index (χ2n) is 4.43. The minimum absolute atomic E-state index is 0.197. The lowest BCUT2D eigenvalue weighted by Gasteiger charge is -2.29. The molecule has 0 saturated heterocycles. The zero-order valence-corrected chi connectivity index (χ0v) is 11.8. The van der Waals surface area contributed by atoms with Crippen molar-refractivity contribution >= 4 is 0 Å². The smallest absolute Gasteiger partial charge is 0.158 e. The van der Waals surface area contributed by atoms with Crippen LogP contribution in [0.1, 0.15) is 20.3 Å². The van der Waals surface area contributed by atoms with E-state index in [1.807, 2.05) is 20.9 Å². The molecule has 5 nitrogen and oxygen atoms in total. The molecule has 0 aromatic heterocycles. The highest BCUT2D eigenvalue weighted by Gasteiger charge is 2.18. The van der Waals surface area contributed by atoms with Gasteiger partial charge in [-0.05, 0) is 20.9 Å². The highest BCUT2D eigenvalue weighted by Crippen LogP contribution is 2.07. The molecule has 0 amide bonds. The van der Waals surface area contributed by atoms with E-state index in [4.69, 9.17) is 19.9 Å². The molecule has 0 spiro atoms. The van der Waals surface area contributed by atoms with E-state index < -0.39 is 0 Å². The summed E-state index contributed by atoms with van der Waals surface area (Å²) in [6, 6.07) is 0.246. The SMILES string of the molecule is COC(CC(CN)N(C)CCOC(C)C)OC.